The topological polar surface area (TPSA) is 15.3 Å². The molecule has 0 bridgehead atoms. The summed E-state index contributed by atoms with van der Waals surface area (Å²) in [6, 6.07) is 10.2. The normalized spacial score (nSPS) is 25.7. The molecule has 2 atom stereocenters. The molecule has 1 N–H and O–H groups in total. The van der Waals surface area contributed by atoms with Crippen LogP contribution >= 0.6 is 0 Å². The van der Waals surface area contributed by atoms with Crippen molar-refractivity contribution < 1.29 is 0 Å². The van der Waals surface area contributed by atoms with Crippen LogP contribution in [0, 0.1) is 5.92 Å². The van der Waals surface area contributed by atoms with Crippen LogP contribution in [0.1, 0.15) is 56.2 Å². The fourth-order valence-electron chi connectivity index (χ4n) is 4.27. The molecular weight excluding hydrogens is 256 g/mol. The second kappa shape index (κ2) is 6.93. The van der Waals surface area contributed by atoms with Gasteiger partial charge >= 0.3 is 0 Å². The number of benzene rings is 1. The van der Waals surface area contributed by atoms with E-state index in [0.717, 1.165) is 12.5 Å². The number of fused-ring (bicyclic) bond motifs is 1. The number of rotatable bonds is 6. The fourth-order valence-corrected chi connectivity index (χ4v) is 4.27. The summed E-state index contributed by atoms with van der Waals surface area (Å²) in [6.45, 7) is 4.65. The molecule has 3 rings (SSSR count). The van der Waals surface area contributed by atoms with Gasteiger partial charge < -0.3 is 10.2 Å². The molecule has 1 fully saturated rings. The Kier molecular flexibility index (Phi) is 4.97. The molecule has 0 amide bonds. The maximum absolute atomic E-state index is 3.80. The van der Waals surface area contributed by atoms with E-state index in [2.05, 4.69) is 48.5 Å². The highest BCUT2D eigenvalue weighted by Crippen LogP contribution is 2.35. The first-order valence-electron chi connectivity index (χ1n) is 8.81. The number of likely N-dealkylation sites (N-methyl/N-ethyl adjacent to an activating group) is 1. The average Bonchev–Trinajstić information content (AvgIpc) is 3.12. The van der Waals surface area contributed by atoms with E-state index in [0.29, 0.717) is 12.1 Å². The molecule has 0 radical (unpaired) electrons. The van der Waals surface area contributed by atoms with Gasteiger partial charge in [0.15, 0.2) is 0 Å². The number of hydrogen-bond acceptors (Lipinski definition) is 2. The summed E-state index contributed by atoms with van der Waals surface area (Å²) < 4.78 is 0. The third kappa shape index (κ3) is 3.32. The van der Waals surface area contributed by atoms with Gasteiger partial charge in [-0.15, -0.1) is 0 Å². The van der Waals surface area contributed by atoms with E-state index in [1.807, 2.05) is 0 Å². The lowest BCUT2D eigenvalue weighted by Gasteiger charge is -2.32. The Balaban J connectivity index is 1.70. The zero-order chi connectivity index (χ0) is 14.7. The molecule has 0 heterocycles. The quantitative estimate of drug-likeness (QED) is 0.856. The number of nitrogens with zero attached hydrogens (tertiary/aromatic N) is 1. The van der Waals surface area contributed by atoms with Crippen molar-refractivity contribution in [1.82, 2.24) is 10.2 Å². The molecule has 1 aromatic carbocycles. The Bertz CT molecular complexity index is 451. The summed E-state index contributed by atoms with van der Waals surface area (Å²) in [5.74, 6) is 0.936. The van der Waals surface area contributed by atoms with Crippen molar-refractivity contribution in [2.75, 3.05) is 20.1 Å². The minimum Gasteiger partial charge on any atom is -0.309 e. The minimum absolute atomic E-state index is 0.521. The van der Waals surface area contributed by atoms with Crippen LogP contribution in [0.2, 0.25) is 0 Å². The summed E-state index contributed by atoms with van der Waals surface area (Å²) in [6.07, 6.45) is 8.19. The monoisotopic (exact) mass is 286 g/mol. The van der Waals surface area contributed by atoms with Crippen molar-refractivity contribution in [1.29, 1.82) is 0 Å². The zero-order valence-corrected chi connectivity index (χ0v) is 13.6. The van der Waals surface area contributed by atoms with Crippen molar-refractivity contribution in [2.45, 2.75) is 57.5 Å². The van der Waals surface area contributed by atoms with Crippen molar-refractivity contribution in [3.63, 3.8) is 0 Å². The van der Waals surface area contributed by atoms with Gasteiger partial charge in [-0.25, -0.2) is 0 Å². The van der Waals surface area contributed by atoms with Crippen molar-refractivity contribution in [3.8, 4) is 0 Å². The van der Waals surface area contributed by atoms with E-state index in [-0.39, 0.29) is 0 Å². The molecule has 2 heteroatoms. The van der Waals surface area contributed by atoms with Crippen LogP contribution in [-0.4, -0.2) is 31.1 Å². The lowest BCUT2D eigenvalue weighted by Crippen LogP contribution is -2.42. The van der Waals surface area contributed by atoms with Gasteiger partial charge in [0.1, 0.15) is 0 Å². The lowest BCUT2D eigenvalue weighted by molar-refractivity contribution is 0.177. The van der Waals surface area contributed by atoms with Gasteiger partial charge in [0.2, 0.25) is 0 Å². The van der Waals surface area contributed by atoms with Crippen LogP contribution in [0.3, 0.4) is 0 Å². The fraction of sp³-hybridized carbons (Fsp3) is 0.684. The molecule has 0 aliphatic heterocycles. The van der Waals surface area contributed by atoms with E-state index in [1.165, 1.54) is 50.6 Å². The molecule has 2 aliphatic carbocycles. The maximum Gasteiger partial charge on any atom is 0.0484 e. The van der Waals surface area contributed by atoms with Crippen LogP contribution in [0.5, 0.6) is 0 Å². The Morgan fingerprint density at radius 1 is 1.19 bits per heavy atom. The lowest BCUT2D eigenvalue weighted by atomic mass is 10.0. The van der Waals surface area contributed by atoms with Gasteiger partial charge in [-0.1, -0.05) is 44.0 Å². The second-order valence-corrected chi connectivity index (χ2v) is 6.99. The highest BCUT2D eigenvalue weighted by molar-refractivity contribution is 5.37. The first kappa shape index (κ1) is 15.1. The van der Waals surface area contributed by atoms with Crippen LogP contribution in [0.4, 0.5) is 0 Å². The zero-order valence-electron chi connectivity index (χ0n) is 13.6. The first-order valence-corrected chi connectivity index (χ1v) is 8.81. The standard InChI is InChI=1S/C19H30N2/c1-3-12-20-19-17-11-7-6-10-16(17)13-18(19)21(2)14-15-8-4-5-9-15/h6-7,10-11,15,18-20H,3-5,8-9,12-14H2,1-2H3. The van der Waals surface area contributed by atoms with Gasteiger partial charge in [-0.2, -0.15) is 0 Å². The highest BCUT2D eigenvalue weighted by Gasteiger charge is 2.35. The number of hydrogen-bond donors (Lipinski definition) is 1. The van der Waals surface area contributed by atoms with Crippen LogP contribution in [-0.2, 0) is 6.42 Å². The van der Waals surface area contributed by atoms with E-state index in [1.54, 1.807) is 5.56 Å². The molecule has 21 heavy (non-hydrogen) atoms. The van der Waals surface area contributed by atoms with Crippen LogP contribution in [0.15, 0.2) is 24.3 Å². The minimum atomic E-state index is 0.521. The molecule has 1 aromatic rings. The van der Waals surface area contributed by atoms with Crippen molar-refractivity contribution in [2.24, 2.45) is 5.92 Å². The van der Waals surface area contributed by atoms with Gasteiger partial charge in [0, 0.05) is 18.6 Å². The SMILES string of the molecule is CCCNC1c2ccccc2CC1N(C)CC1CCCC1. The Labute approximate surface area is 129 Å². The largest absolute Gasteiger partial charge is 0.309 e. The smallest absolute Gasteiger partial charge is 0.0484 e. The third-order valence-electron chi connectivity index (χ3n) is 5.41. The molecule has 116 valence electrons. The van der Waals surface area contributed by atoms with E-state index in [9.17, 15) is 0 Å². The molecule has 2 nitrogen and oxygen atoms in total. The molecule has 0 saturated heterocycles. The Morgan fingerprint density at radius 2 is 1.95 bits per heavy atom. The van der Waals surface area contributed by atoms with Gasteiger partial charge in [0.25, 0.3) is 0 Å². The highest BCUT2D eigenvalue weighted by atomic mass is 15.2. The predicted molar refractivity (Wildman–Crippen MR) is 89.6 cm³/mol. The Morgan fingerprint density at radius 3 is 2.71 bits per heavy atom. The van der Waals surface area contributed by atoms with Crippen LogP contribution in [0.25, 0.3) is 0 Å². The average molecular weight is 286 g/mol. The Hall–Kier alpha value is -0.860. The maximum atomic E-state index is 3.80. The number of nitrogens with one attached hydrogen (secondary N) is 1. The van der Waals surface area contributed by atoms with E-state index < -0.39 is 0 Å². The molecule has 0 spiro atoms. The first-order chi connectivity index (χ1) is 10.3. The van der Waals surface area contributed by atoms with Crippen molar-refractivity contribution >= 4 is 0 Å². The van der Waals surface area contributed by atoms with Crippen LogP contribution < -0.4 is 5.32 Å². The van der Waals surface area contributed by atoms with Crippen molar-refractivity contribution in [3.05, 3.63) is 35.4 Å². The summed E-state index contributed by atoms with van der Waals surface area (Å²) in [7, 11) is 2.34. The summed E-state index contributed by atoms with van der Waals surface area (Å²) in [5, 5.41) is 3.80. The summed E-state index contributed by atoms with van der Waals surface area (Å²) in [4.78, 5) is 2.64. The van der Waals surface area contributed by atoms with Gasteiger partial charge in [-0.05, 0) is 56.3 Å². The third-order valence-corrected chi connectivity index (χ3v) is 5.41. The van der Waals surface area contributed by atoms with E-state index >= 15 is 0 Å². The summed E-state index contributed by atoms with van der Waals surface area (Å²) in [5.41, 5.74) is 3.09. The molecule has 2 unspecified atom stereocenters. The predicted octanol–water partition coefficient (Wildman–Crippen LogP) is 3.77. The summed E-state index contributed by atoms with van der Waals surface area (Å²) >= 11 is 0. The molecule has 0 aromatic heterocycles. The van der Waals surface area contributed by atoms with E-state index in [4.69, 9.17) is 0 Å². The molecule has 2 aliphatic rings. The van der Waals surface area contributed by atoms with Gasteiger partial charge in [-0.3, -0.25) is 0 Å². The second-order valence-electron chi connectivity index (χ2n) is 6.99. The molecular formula is C19H30N2. The molecule has 1 saturated carbocycles. The van der Waals surface area contributed by atoms with Gasteiger partial charge in [0.05, 0.1) is 0 Å².